The Morgan fingerprint density at radius 3 is 2.50 bits per heavy atom. The number of para-hydroxylation sites is 1. The molecule has 0 aliphatic carbocycles. The van der Waals surface area contributed by atoms with Crippen molar-refractivity contribution in [1.29, 1.82) is 0 Å². The molecule has 1 atom stereocenters. The first kappa shape index (κ1) is 19.5. The zero-order chi connectivity index (χ0) is 19.2. The molecule has 4 nitrogen and oxygen atoms in total. The van der Waals surface area contributed by atoms with Crippen LogP contribution in [-0.4, -0.2) is 25.7 Å². The van der Waals surface area contributed by atoms with Crippen molar-refractivity contribution in [2.45, 2.75) is 31.9 Å². The molecule has 28 heavy (non-hydrogen) atoms. The molecule has 2 aromatic rings. The molecule has 1 fully saturated rings. The number of nitrogens with one attached hydrogen (secondary N) is 2. The lowest BCUT2D eigenvalue weighted by molar-refractivity contribution is 0.137. The molecule has 0 radical (unpaired) electrons. The smallest absolute Gasteiger partial charge is 0.0757 e. The third kappa shape index (κ3) is 4.95. The molecule has 0 amide bonds. The summed E-state index contributed by atoms with van der Waals surface area (Å²) in [5, 5.41) is 6.27. The molecular formula is C23H28ClN3O. The molecule has 1 saturated heterocycles. The van der Waals surface area contributed by atoms with Crippen LogP contribution >= 0.6 is 11.6 Å². The van der Waals surface area contributed by atoms with E-state index in [2.05, 4.69) is 34.1 Å². The largest absolute Gasteiger partial charge is 0.372 e. The summed E-state index contributed by atoms with van der Waals surface area (Å²) in [6, 6.07) is 18.6. The van der Waals surface area contributed by atoms with Gasteiger partial charge in [-0.25, -0.2) is 5.43 Å². The average Bonchev–Trinajstić information content (AvgIpc) is 3.12. The summed E-state index contributed by atoms with van der Waals surface area (Å²) < 4.78 is 6.06. The number of rotatable bonds is 7. The molecule has 2 aliphatic heterocycles. The van der Waals surface area contributed by atoms with E-state index in [0.717, 1.165) is 36.1 Å². The van der Waals surface area contributed by atoms with Gasteiger partial charge in [0.2, 0.25) is 0 Å². The van der Waals surface area contributed by atoms with Crippen molar-refractivity contribution in [2.75, 3.05) is 24.7 Å². The quantitative estimate of drug-likeness (QED) is 0.720. The predicted octanol–water partition coefficient (Wildman–Crippen LogP) is 4.52. The Morgan fingerprint density at radius 1 is 0.964 bits per heavy atom. The summed E-state index contributed by atoms with van der Waals surface area (Å²) >= 11 is 6.43. The van der Waals surface area contributed by atoms with Crippen molar-refractivity contribution < 1.29 is 4.74 Å². The van der Waals surface area contributed by atoms with Gasteiger partial charge in [-0.1, -0.05) is 54.1 Å². The second-order valence-corrected chi connectivity index (χ2v) is 8.02. The Kier molecular flexibility index (Phi) is 6.65. The van der Waals surface area contributed by atoms with Crippen molar-refractivity contribution >= 4 is 17.3 Å². The van der Waals surface area contributed by atoms with Gasteiger partial charge in [0.05, 0.1) is 30.0 Å². The number of hydrogen-bond acceptors (Lipinski definition) is 4. The fraction of sp³-hybridized carbons (Fsp3) is 0.391. The van der Waals surface area contributed by atoms with Crippen molar-refractivity contribution in [3.8, 4) is 0 Å². The lowest BCUT2D eigenvalue weighted by Crippen LogP contribution is -2.39. The Hall–Kier alpha value is -1.85. The maximum absolute atomic E-state index is 6.43. The summed E-state index contributed by atoms with van der Waals surface area (Å²) in [6.07, 6.45) is 5.77. The van der Waals surface area contributed by atoms with Crippen LogP contribution in [0.25, 0.3) is 0 Å². The summed E-state index contributed by atoms with van der Waals surface area (Å²) in [6.45, 7) is 3.49. The number of hydrogen-bond donors (Lipinski definition) is 2. The fourth-order valence-electron chi connectivity index (χ4n) is 3.98. The van der Waals surface area contributed by atoms with Crippen LogP contribution in [0.4, 0.5) is 5.69 Å². The van der Waals surface area contributed by atoms with Gasteiger partial charge in [0.1, 0.15) is 0 Å². The number of piperidine rings is 1. The summed E-state index contributed by atoms with van der Waals surface area (Å²) in [5.74, 6) is 0.738. The molecule has 5 heteroatoms. The van der Waals surface area contributed by atoms with E-state index in [4.69, 9.17) is 16.3 Å². The van der Waals surface area contributed by atoms with Gasteiger partial charge in [-0.05, 0) is 61.5 Å². The van der Waals surface area contributed by atoms with Crippen molar-refractivity contribution in [1.82, 2.24) is 10.7 Å². The summed E-state index contributed by atoms with van der Waals surface area (Å²) in [7, 11) is 0. The Morgan fingerprint density at radius 2 is 1.71 bits per heavy atom. The van der Waals surface area contributed by atoms with E-state index >= 15 is 0 Å². The SMILES string of the molecule is Clc1ccccc1N1C=C(COCc2ccccc2)C(CC2CCNCC2)N1. The molecular weight excluding hydrogens is 370 g/mol. The Labute approximate surface area is 172 Å². The van der Waals surface area contributed by atoms with Gasteiger partial charge in [0.25, 0.3) is 0 Å². The first-order chi connectivity index (χ1) is 13.8. The third-order valence-corrected chi connectivity index (χ3v) is 5.88. The molecule has 0 bridgehead atoms. The van der Waals surface area contributed by atoms with Gasteiger partial charge >= 0.3 is 0 Å². The van der Waals surface area contributed by atoms with Crippen molar-refractivity contribution in [2.24, 2.45) is 5.92 Å². The van der Waals surface area contributed by atoms with Gasteiger partial charge < -0.3 is 10.1 Å². The third-order valence-electron chi connectivity index (χ3n) is 5.56. The highest BCUT2D eigenvalue weighted by atomic mass is 35.5. The summed E-state index contributed by atoms with van der Waals surface area (Å²) in [4.78, 5) is 0. The first-order valence-electron chi connectivity index (χ1n) is 10.1. The van der Waals surface area contributed by atoms with E-state index in [1.54, 1.807) is 0 Å². The predicted molar refractivity (Wildman–Crippen MR) is 115 cm³/mol. The lowest BCUT2D eigenvalue weighted by Gasteiger charge is -2.28. The highest BCUT2D eigenvalue weighted by molar-refractivity contribution is 6.33. The van der Waals surface area contributed by atoms with Crippen LogP contribution in [0.5, 0.6) is 0 Å². The maximum Gasteiger partial charge on any atom is 0.0757 e. The number of nitrogens with zero attached hydrogens (tertiary/aromatic N) is 1. The van der Waals surface area contributed by atoms with E-state index in [1.807, 2.05) is 42.5 Å². The lowest BCUT2D eigenvalue weighted by atomic mass is 9.89. The molecule has 148 valence electrons. The monoisotopic (exact) mass is 397 g/mol. The number of anilines is 1. The molecule has 2 N–H and O–H groups in total. The molecule has 2 aromatic carbocycles. The Bertz CT molecular complexity index is 789. The minimum absolute atomic E-state index is 0.287. The minimum Gasteiger partial charge on any atom is -0.372 e. The number of benzene rings is 2. The molecule has 0 aromatic heterocycles. The van der Waals surface area contributed by atoms with Gasteiger partial charge in [-0.3, -0.25) is 5.01 Å². The molecule has 2 heterocycles. The van der Waals surface area contributed by atoms with Crippen LogP contribution in [0.3, 0.4) is 0 Å². The zero-order valence-corrected chi connectivity index (χ0v) is 16.9. The van der Waals surface area contributed by atoms with Crippen molar-refractivity contribution in [3.05, 3.63) is 77.0 Å². The highest BCUT2D eigenvalue weighted by Gasteiger charge is 2.28. The van der Waals surface area contributed by atoms with Crippen LogP contribution in [0.15, 0.2) is 66.4 Å². The second kappa shape index (κ2) is 9.57. The van der Waals surface area contributed by atoms with E-state index in [-0.39, 0.29) is 6.04 Å². The molecule has 2 aliphatic rings. The second-order valence-electron chi connectivity index (χ2n) is 7.61. The van der Waals surface area contributed by atoms with Crippen LogP contribution in [0.1, 0.15) is 24.8 Å². The van der Waals surface area contributed by atoms with Crippen LogP contribution in [-0.2, 0) is 11.3 Å². The van der Waals surface area contributed by atoms with E-state index < -0.39 is 0 Å². The maximum atomic E-state index is 6.43. The van der Waals surface area contributed by atoms with Crippen molar-refractivity contribution in [3.63, 3.8) is 0 Å². The number of hydrazine groups is 1. The fourth-order valence-corrected chi connectivity index (χ4v) is 4.21. The van der Waals surface area contributed by atoms with Gasteiger partial charge in [0, 0.05) is 6.20 Å². The van der Waals surface area contributed by atoms with E-state index in [0.29, 0.717) is 13.2 Å². The molecule has 1 unspecified atom stereocenters. The number of ether oxygens (including phenoxy) is 1. The van der Waals surface area contributed by atoms with Crippen LogP contribution in [0.2, 0.25) is 5.02 Å². The molecule has 0 saturated carbocycles. The first-order valence-corrected chi connectivity index (χ1v) is 10.5. The Balaban J connectivity index is 1.44. The topological polar surface area (TPSA) is 36.5 Å². The highest BCUT2D eigenvalue weighted by Crippen LogP contribution is 2.31. The average molecular weight is 398 g/mol. The number of halogens is 1. The molecule has 4 rings (SSSR count). The van der Waals surface area contributed by atoms with Crippen LogP contribution < -0.4 is 15.8 Å². The van der Waals surface area contributed by atoms with Gasteiger partial charge in [0.15, 0.2) is 0 Å². The standard InChI is InChI=1S/C23H28ClN3O/c24-21-8-4-5-9-23(21)27-15-20(17-28-16-19-6-2-1-3-7-19)22(26-27)14-18-10-12-25-13-11-18/h1-9,15,18,22,25-26H,10-14,16-17H2. The van der Waals surface area contributed by atoms with Gasteiger partial charge in [-0.2, -0.15) is 0 Å². The molecule has 0 spiro atoms. The van der Waals surface area contributed by atoms with Gasteiger partial charge in [-0.15, -0.1) is 0 Å². The van der Waals surface area contributed by atoms with E-state index in [9.17, 15) is 0 Å². The van der Waals surface area contributed by atoms with Crippen LogP contribution in [0, 0.1) is 5.92 Å². The normalized spacial score (nSPS) is 20.4. The minimum atomic E-state index is 0.287. The van der Waals surface area contributed by atoms with E-state index in [1.165, 1.54) is 24.0 Å². The summed E-state index contributed by atoms with van der Waals surface area (Å²) in [5.41, 5.74) is 7.12. The zero-order valence-electron chi connectivity index (χ0n) is 16.1.